The predicted molar refractivity (Wildman–Crippen MR) is 46.3 cm³/mol. The molecule has 0 saturated heterocycles. The van der Waals surface area contributed by atoms with E-state index in [-0.39, 0.29) is 12.3 Å². The van der Waals surface area contributed by atoms with Crippen LogP contribution in [0.2, 0.25) is 0 Å². The zero-order valence-electron chi connectivity index (χ0n) is 6.90. The van der Waals surface area contributed by atoms with Gasteiger partial charge < -0.3 is 0 Å². The number of carbonyl (C=O) groups is 1. The van der Waals surface area contributed by atoms with Crippen molar-refractivity contribution in [2.45, 2.75) is 19.3 Å². The van der Waals surface area contributed by atoms with Crippen molar-refractivity contribution in [2.75, 3.05) is 0 Å². The summed E-state index contributed by atoms with van der Waals surface area (Å²) >= 11 is 0. The van der Waals surface area contributed by atoms with Gasteiger partial charge in [0, 0.05) is 0 Å². The molecular formula is C8H10BNO2. The van der Waals surface area contributed by atoms with Gasteiger partial charge in [-0.1, -0.05) is 0 Å². The third-order valence-corrected chi connectivity index (χ3v) is 1.67. The zero-order valence-corrected chi connectivity index (χ0v) is 6.90. The van der Waals surface area contributed by atoms with Crippen molar-refractivity contribution in [1.29, 1.82) is 0 Å². The van der Waals surface area contributed by atoms with Crippen molar-refractivity contribution in [3.63, 3.8) is 0 Å². The molecule has 1 N–H and O–H groups in total. The molecule has 0 aromatic carbocycles. The van der Waals surface area contributed by atoms with Gasteiger partial charge >= 0.3 is 70.8 Å². The van der Waals surface area contributed by atoms with Crippen LogP contribution in [0.25, 0.3) is 0 Å². The molecule has 0 aliphatic carbocycles. The standard InChI is InChI=1S/C8H10BNO2/c1-6(4-8(11)12)7-5-9-2-3-10-7/h2-3,5-6H,4H2,1H3,(H,11,12). The maximum atomic E-state index is 10.4. The first kappa shape index (κ1) is 8.91. The summed E-state index contributed by atoms with van der Waals surface area (Å²) in [6.45, 7) is 3.72. The fraction of sp³-hybridized carbons (Fsp3) is 0.375. The van der Waals surface area contributed by atoms with E-state index in [0.717, 1.165) is 5.69 Å². The molecule has 1 aromatic heterocycles. The van der Waals surface area contributed by atoms with Gasteiger partial charge in [-0.15, -0.1) is 0 Å². The van der Waals surface area contributed by atoms with E-state index in [9.17, 15) is 4.79 Å². The fourth-order valence-electron chi connectivity index (χ4n) is 1.03. The SMILES string of the molecule is CC(CC(=O)O)c1cbccn1. The van der Waals surface area contributed by atoms with Crippen LogP contribution < -0.4 is 0 Å². The summed E-state index contributed by atoms with van der Waals surface area (Å²) in [6.07, 6.45) is 1.81. The molecule has 62 valence electrons. The minimum atomic E-state index is -0.784. The zero-order chi connectivity index (χ0) is 8.97. The molecule has 0 radical (unpaired) electrons. The first-order valence-electron chi connectivity index (χ1n) is 3.83. The summed E-state index contributed by atoms with van der Waals surface area (Å²) in [7, 11) is 0. The summed E-state index contributed by atoms with van der Waals surface area (Å²) in [5, 5.41) is 8.52. The van der Waals surface area contributed by atoms with Gasteiger partial charge in [0.25, 0.3) is 0 Å². The molecule has 0 spiro atoms. The number of aromatic nitrogens is 1. The quantitative estimate of drug-likeness (QED) is 0.722. The van der Waals surface area contributed by atoms with Crippen molar-refractivity contribution in [2.24, 2.45) is 0 Å². The second kappa shape index (κ2) is 4.00. The number of nitrogens with zero attached hydrogens (tertiary/aromatic N) is 1. The van der Waals surface area contributed by atoms with E-state index in [1.165, 1.54) is 0 Å². The maximum absolute atomic E-state index is 10.4. The van der Waals surface area contributed by atoms with Crippen LogP contribution in [-0.4, -0.2) is 23.0 Å². The average Bonchev–Trinajstić information content (AvgIpc) is 2.05. The molecule has 0 fully saturated rings. The van der Waals surface area contributed by atoms with Gasteiger partial charge in [-0.05, 0) is 0 Å². The summed E-state index contributed by atoms with van der Waals surface area (Å²) < 4.78 is 0. The van der Waals surface area contributed by atoms with Gasteiger partial charge in [0.15, 0.2) is 0 Å². The molecule has 0 aliphatic rings. The van der Waals surface area contributed by atoms with Crippen molar-refractivity contribution in [3.8, 4) is 0 Å². The van der Waals surface area contributed by atoms with E-state index in [2.05, 4.69) is 4.98 Å². The molecule has 0 saturated carbocycles. The van der Waals surface area contributed by atoms with Gasteiger partial charge in [0.2, 0.25) is 0 Å². The number of rotatable bonds is 3. The van der Waals surface area contributed by atoms with Crippen LogP contribution in [0.3, 0.4) is 0 Å². The Morgan fingerprint density at radius 1 is 1.83 bits per heavy atom. The van der Waals surface area contributed by atoms with E-state index in [0.29, 0.717) is 0 Å². The third kappa shape index (κ3) is 2.45. The Balaban J connectivity index is 2.65. The van der Waals surface area contributed by atoms with Crippen molar-refractivity contribution in [3.05, 3.63) is 23.8 Å². The Hall–Kier alpha value is -1.19. The molecule has 1 heterocycles. The van der Waals surface area contributed by atoms with E-state index in [1.54, 1.807) is 6.20 Å². The first-order chi connectivity index (χ1) is 5.70. The molecule has 0 amide bonds. The Kier molecular flexibility index (Phi) is 2.97. The molecule has 12 heavy (non-hydrogen) atoms. The van der Waals surface area contributed by atoms with Crippen LogP contribution in [0.1, 0.15) is 25.0 Å². The van der Waals surface area contributed by atoms with E-state index >= 15 is 0 Å². The number of carboxylic acid groups (broad SMARTS) is 1. The molecule has 4 heteroatoms. The van der Waals surface area contributed by atoms with Crippen LogP contribution in [0, 0.1) is 0 Å². The van der Waals surface area contributed by atoms with Gasteiger partial charge in [-0.2, -0.15) is 0 Å². The molecule has 1 rings (SSSR count). The number of carboxylic acids is 1. The van der Waals surface area contributed by atoms with E-state index < -0.39 is 5.97 Å². The monoisotopic (exact) mass is 163 g/mol. The van der Waals surface area contributed by atoms with Gasteiger partial charge in [0.1, 0.15) is 0 Å². The second-order valence-corrected chi connectivity index (χ2v) is 2.75. The Labute approximate surface area is 71.7 Å². The normalized spacial score (nSPS) is 12.1. The van der Waals surface area contributed by atoms with E-state index in [1.807, 2.05) is 25.8 Å². The third-order valence-electron chi connectivity index (χ3n) is 1.67. The van der Waals surface area contributed by atoms with Crippen molar-refractivity contribution < 1.29 is 9.90 Å². The fourth-order valence-corrected chi connectivity index (χ4v) is 1.03. The molecular weight excluding hydrogens is 153 g/mol. The molecule has 3 nitrogen and oxygen atoms in total. The molecule has 1 unspecified atom stereocenters. The molecule has 1 atom stereocenters. The Morgan fingerprint density at radius 2 is 2.58 bits per heavy atom. The van der Waals surface area contributed by atoms with Gasteiger partial charge in [-0.3, -0.25) is 0 Å². The van der Waals surface area contributed by atoms with Gasteiger partial charge in [-0.25, -0.2) is 0 Å². The Morgan fingerprint density at radius 3 is 3.08 bits per heavy atom. The molecule has 0 aliphatic heterocycles. The Bertz CT molecular complexity index is 263. The van der Waals surface area contributed by atoms with Crippen molar-refractivity contribution >= 4 is 12.9 Å². The van der Waals surface area contributed by atoms with Gasteiger partial charge in [0.05, 0.1) is 0 Å². The number of hydrogen-bond donors (Lipinski definition) is 1. The van der Waals surface area contributed by atoms with Crippen LogP contribution in [0.5, 0.6) is 0 Å². The summed E-state index contributed by atoms with van der Waals surface area (Å²) in [4.78, 5) is 14.4. The number of hydrogen-bond acceptors (Lipinski definition) is 2. The first-order valence-corrected chi connectivity index (χ1v) is 3.83. The molecule has 1 aromatic rings. The number of aliphatic carboxylic acids is 1. The summed E-state index contributed by atoms with van der Waals surface area (Å²) in [6, 6.07) is 0. The van der Waals surface area contributed by atoms with Crippen LogP contribution in [-0.2, 0) is 4.79 Å². The average molecular weight is 163 g/mol. The summed E-state index contributed by atoms with van der Waals surface area (Å²) in [5.41, 5.74) is 0.833. The van der Waals surface area contributed by atoms with Crippen LogP contribution >= 0.6 is 0 Å². The predicted octanol–water partition coefficient (Wildman–Crippen LogP) is 0.998. The van der Waals surface area contributed by atoms with Crippen LogP contribution in [0.4, 0.5) is 0 Å². The van der Waals surface area contributed by atoms with Crippen molar-refractivity contribution in [1.82, 2.24) is 4.98 Å². The topological polar surface area (TPSA) is 50.2 Å². The second-order valence-electron chi connectivity index (χ2n) is 2.75. The van der Waals surface area contributed by atoms with Crippen LogP contribution in [0.15, 0.2) is 18.1 Å². The summed E-state index contributed by atoms with van der Waals surface area (Å²) in [5.74, 6) is 2.86. The van der Waals surface area contributed by atoms with E-state index in [4.69, 9.17) is 5.11 Å². The minimum absolute atomic E-state index is 0.0105. The molecule has 0 bridgehead atoms.